The molecule has 1 heterocycles. The minimum Gasteiger partial charge on any atom is -0.315 e. The average molecular weight is 191 g/mol. The lowest BCUT2D eigenvalue weighted by Gasteiger charge is -2.01. The molecule has 3 amide bonds. The third kappa shape index (κ3) is 1.31. The molecule has 0 aromatic rings. The van der Waals surface area contributed by atoms with Crippen molar-refractivity contribution in [3.63, 3.8) is 0 Å². The second-order valence-corrected chi connectivity index (χ2v) is 3.51. The number of imide groups is 1. The first-order valence-electron chi connectivity index (χ1n) is 3.17. The second kappa shape index (κ2) is 3.16. The maximum atomic E-state index is 11.1. The van der Waals surface area contributed by atoms with Crippen LogP contribution in [0, 0.1) is 0 Å². The number of nitrogens with zero attached hydrogens (tertiary/aromatic N) is 2. The number of hydrogen-bond acceptors (Lipinski definition) is 4. The van der Waals surface area contributed by atoms with Gasteiger partial charge < -0.3 is 4.90 Å². The van der Waals surface area contributed by atoms with Gasteiger partial charge in [-0.1, -0.05) is 0 Å². The molecule has 1 rings (SSSR count). The molecule has 6 nitrogen and oxygen atoms in total. The van der Waals surface area contributed by atoms with Gasteiger partial charge in [-0.2, -0.15) is 0 Å². The van der Waals surface area contributed by atoms with E-state index in [0.717, 1.165) is 0 Å². The Labute approximate surface area is 70.0 Å². The van der Waals surface area contributed by atoms with Crippen LogP contribution < -0.4 is 0 Å². The van der Waals surface area contributed by atoms with E-state index in [4.69, 9.17) is 0 Å². The highest BCUT2D eigenvalue weighted by atomic mass is 31.1. The topological polar surface area (TPSA) is 66.9 Å². The molecular weight excluding hydrogens is 183 g/mol. The van der Waals surface area contributed by atoms with E-state index >= 15 is 0 Å². The van der Waals surface area contributed by atoms with Crippen LogP contribution in [0.3, 0.4) is 0 Å². The average Bonchev–Trinajstić information content (AvgIpc) is 2.26. The number of rotatable bonds is 2. The van der Waals surface area contributed by atoms with Crippen LogP contribution in [0.15, 0.2) is 0 Å². The molecule has 0 N–H and O–H groups in total. The summed E-state index contributed by atoms with van der Waals surface area (Å²) >= 11 is 0. The van der Waals surface area contributed by atoms with Crippen molar-refractivity contribution in [2.45, 2.75) is 0 Å². The summed E-state index contributed by atoms with van der Waals surface area (Å²) in [5.74, 6) is -0.495. The Hall–Kier alpha value is -1.00. The molecular formula is C5H8N2O4P+. The standard InChI is InChI=1S/C5H8N2O4P/c1-6-3-4(8)7(5(6)9)12(10)11-2/h3H2,1-2H3/q+1. The normalized spacial score (nSPS) is 19.0. The quantitative estimate of drug-likeness (QED) is 0.461. The van der Waals surface area contributed by atoms with Crippen LogP contribution in [-0.4, -0.2) is 42.2 Å². The predicted molar refractivity (Wildman–Crippen MR) is 39.5 cm³/mol. The number of carbonyl (C=O) groups is 2. The minimum atomic E-state index is -2.34. The molecule has 0 radical (unpaired) electrons. The Morgan fingerprint density at radius 3 is 2.42 bits per heavy atom. The van der Waals surface area contributed by atoms with Gasteiger partial charge in [0.2, 0.25) is 0 Å². The molecule has 7 heteroatoms. The van der Waals surface area contributed by atoms with E-state index in [2.05, 4.69) is 4.52 Å². The van der Waals surface area contributed by atoms with Crippen molar-refractivity contribution in [2.24, 2.45) is 0 Å². The van der Waals surface area contributed by atoms with Crippen LogP contribution in [0.5, 0.6) is 0 Å². The lowest BCUT2D eigenvalue weighted by Crippen LogP contribution is -2.25. The zero-order valence-corrected chi connectivity index (χ0v) is 7.58. The Morgan fingerprint density at radius 1 is 1.50 bits per heavy atom. The van der Waals surface area contributed by atoms with E-state index in [-0.39, 0.29) is 6.54 Å². The number of likely N-dealkylation sites (N-methyl/N-ethyl adjacent to an activating group) is 1. The van der Waals surface area contributed by atoms with Gasteiger partial charge in [0, 0.05) is 7.05 Å². The zero-order chi connectivity index (χ0) is 9.30. The molecule has 1 aliphatic heterocycles. The van der Waals surface area contributed by atoms with Crippen LogP contribution in [-0.2, 0) is 13.9 Å². The SMILES string of the molecule is CO[P+](=O)N1C(=O)CN(C)C1=O. The third-order valence-electron chi connectivity index (χ3n) is 1.44. The van der Waals surface area contributed by atoms with Crippen LogP contribution in [0.25, 0.3) is 0 Å². The highest BCUT2D eigenvalue weighted by Gasteiger charge is 2.48. The summed E-state index contributed by atoms with van der Waals surface area (Å²) in [4.78, 5) is 23.3. The van der Waals surface area contributed by atoms with E-state index in [0.29, 0.717) is 4.67 Å². The van der Waals surface area contributed by atoms with Crippen molar-refractivity contribution < 1.29 is 18.7 Å². The minimum absolute atomic E-state index is 0.0384. The molecule has 0 spiro atoms. The molecule has 0 aromatic carbocycles. The fraction of sp³-hybridized carbons (Fsp3) is 0.600. The monoisotopic (exact) mass is 191 g/mol. The number of urea groups is 1. The largest absolute Gasteiger partial charge is 0.657 e. The van der Waals surface area contributed by atoms with Crippen LogP contribution in [0.2, 0.25) is 0 Å². The Kier molecular flexibility index (Phi) is 2.40. The van der Waals surface area contributed by atoms with Crippen molar-refractivity contribution >= 4 is 20.1 Å². The number of hydrogen-bond donors (Lipinski definition) is 0. The van der Waals surface area contributed by atoms with Gasteiger partial charge in [0.05, 0.1) is 7.11 Å². The van der Waals surface area contributed by atoms with Crippen LogP contribution >= 0.6 is 8.18 Å². The first kappa shape index (κ1) is 9.09. The van der Waals surface area contributed by atoms with Crippen molar-refractivity contribution in [2.75, 3.05) is 20.7 Å². The Balaban J connectivity index is 2.84. The fourth-order valence-electron chi connectivity index (χ4n) is 0.848. The molecule has 1 unspecified atom stereocenters. The molecule has 0 aliphatic carbocycles. The van der Waals surface area contributed by atoms with E-state index in [1.165, 1.54) is 19.1 Å². The zero-order valence-electron chi connectivity index (χ0n) is 6.68. The van der Waals surface area contributed by atoms with Crippen LogP contribution in [0.4, 0.5) is 4.79 Å². The van der Waals surface area contributed by atoms with Gasteiger partial charge in [0.15, 0.2) is 0 Å². The van der Waals surface area contributed by atoms with Crippen molar-refractivity contribution in [3.05, 3.63) is 0 Å². The molecule has 1 fully saturated rings. The lowest BCUT2D eigenvalue weighted by atomic mass is 10.6. The van der Waals surface area contributed by atoms with E-state index in [9.17, 15) is 14.2 Å². The molecule has 0 saturated carbocycles. The number of carbonyl (C=O) groups excluding carboxylic acids is 2. The predicted octanol–water partition coefficient (Wildman–Crippen LogP) is 0.184. The second-order valence-electron chi connectivity index (χ2n) is 2.26. The summed E-state index contributed by atoms with van der Waals surface area (Å²) in [6, 6.07) is -0.581. The van der Waals surface area contributed by atoms with Gasteiger partial charge in [-0.15, -0.1) is 4.52 Å². The van der Waals surface area contributed by atoms with Gasteiger partial charge in [-0.05, 0) is 9.24 Å². The highest BCUT2D eigenvalue weighted by Crippen LogP contribution is 2.31. The molecule has 66 valence electrons. The first-order valence-corrected chi connectivity index (χ1v) is 4.30. The van der Waals surface area contributed by atoms with E-state index in [1.54, 1.807) is 0 Å². The van der Waals surface area contributed by atoms with Crippen molar-refractivity contribution in [1.82, 2.24) is 9.57 Å². The fourth-order valence-corrected chi connectivity index (χ4v) is 1.55. The van der Waals surface area contributed by atoms with Crippen molar-refractivity contribution in [3.8, 4) is 0 Å². The number of amides is 3. The first-order chi connectivity index (χ1) is 5.57. The van der Waals surface area contributed by atoms with E-state index < -0.39 is 20.1 Å². The summed E-state index contributed by atoms with van der Waals surface area (Å²) < 4.78 is 16.0. The molecule has 1 aliphatic rings. The summed E-state index contributed by atoms with van der Waals surface area (Å²) in [6.07, 6.45) is 0. The Morgan fingerprint density at radius 2 is 2.08 bits per heavy atom. The summed E-state index contributed by atoms with van der Waals surface area (Å²) in [5.41, 5.74) is 0. The van der Waals surface area contributed by atoms with Gasteiger partial charge in [-0.3, -0.25) is 4.79 Å². The third-order valence-corrected chi connectivity index (χ3v) is 2.47. The lowest BCUT2D eigenvalue weighted by molar-refractivity contribution is -0.122. The van der Waals surface area contributed by atoms with Crippen LogP contribution in [0.1, 0.15) is 0 Å². The molecule has 0 bridgehead atoms. The smallest absolute Gasteiger partial charge is 0.315 e. The molecule has 1 saturated heterocycles. The van der Waals surface area contributed by atoms with Gasteiger partial charge in [0.25, 0.3) is 5.91 Å². The maximum Gasteiger partial charge on any atom is 0.657 e. The highest BCUT2D eigenvalue weighted by molar-refractivity contribution is 7.38. The van der Waals surface area contributed by atoms with E-state index in [1.807, 2.05) is 0 Å². The maximum absolute atomic E-state index is 11.1. The summed E-state index contributed by atoms with van der Waals surface area (Å²) in [7, 11) is 0.293. The van der Waals surface area contributed by atoms with Gasteiger partial charge in [0.1, 0.15) is 6.54 Å². The summed E-state index contributed by atoms with van der Waals surface area (Å²) in [6.45, 7) is -0.0384. The molecule has 0 aromatic heterocycles. The van der Waals surface area contributed by atoms with Gasteiger partial charge in [-0.25, -0.2) is 4.79 Å². The molecule has 1 atom stereocenters. The summed E-state index contributed by atoms with van der Waals surface area (Å²) in [5, 5.41) is 0. The van der Waals surface area contributed by atoms with Gasteiger partial charge >= 0.3 is 14.2 Å². The molecule has 12 heavy (non-hydrogen) atoms. The van der Waals surface area contributed by atoms with Crippen molar-refractivity contribution in [1.29, 1.82) is 0 Å². The Bertz CT molecular complexity index is 246.